The number of methoxy groups -OCH3 is 1. The summed E-state index contributed by atoms with van der Waals surface area (Å²) in [7, 11) is 1.42. The Balaban J connectivity index is 1.06. The fourth-order valence-corrected chi connectivity index (χ4v) is 8.48. The number of phenols is 1. The Morgan fingerprint density at radius 2 is 1.47 bits per heavy atom. The van der Waals surface area contributed by atoms with Gasteiger partial charge in [-0.25, -0.2) is 9.59 Å². The average Bonchev–Trinajstić information content (AvgIpc) is 3.31. The fraction of sp³-hybridized carbons (Fsp3) is 0.590. The van der Waals surface area contributed by atoms with Gasteiger partial charge in [-0.2, -0.15) is 0 Å². The van der Waals surface area contributed by atoms with Gasteiger partial charge in [0.1, 0.15) is 5.75 Å². The lowest BCUT2D eigenvalue weighted by atomic mass is 9.78. The van der Waals surface area contributed by atoms with Crippen molar-refractivity contribution >= 4 is 29.7 Å². The summed E-state index contributed by atoms with van der Waals surface area (Å²) in [5, 5.41) is 13.4. The molecule has 1 atom stereocenters. The van der Waals surface area contributed by atoms with Gasteiger partial charge < -0.3 is 34.6 Å². The summed E-state index contributed by atoms with van der Waals surface area (Å²) < 4.78 is 10.9. The molecule has 4 aliphatic rings. The van der Waals surface area contributed by atoms with Crippen molar-refractivity contribution in [3.63, 3.8) is 0 Å². The number of esters is 1. The number of hydrogen-bond donors (Lipinski definition) is 2. The minimum absolute atomic E-state index is 0.00474. The largest absolute Gasteiger partial charge is 0.507 e. The van der Waals surface area contributed by atoms with E-state index < -0.39 is 12.2 Å². The van der Waals surface area contributed by atoms with Crippen LogP contribution < -0.4 is 5.32 Å². The van der Waals surface area contributed by atoms with E-state index in [9.17, 15) is 24.3 Å². The normalized spacial score (nSPS) is 20.3. The molecule has 4 heterocycles. The second-order valence-corrected chi connectivity index (χ2v) is 14.8. The van der Waals surface area contributed by atoms with Crippen molar-refractivity contribution in [2.75, 3.05) is 64.8 Å². The van der Waals surface area contributed by atoms with Crippen LogP contribution in [0.1, 0.15) is 60.8 Å². The summed E-state index contributed by atoms with van der Waals surface area (Å²) in [4.78, 5) is 60.1. The monoisotopic (exact) mass is 703 g/mol. The third-order valence-electron chi connectivity index (χ3n) is 11.5. The SMILES string of the molecule is COC(=O)CN1CCC(C2CCN(C(=O)[C@@H](Cc3cc(C)c(O)c(C)c3)OC(=O)N3CCC(N4CCc5ccccc5NC4=O)CC3)CC2)CC1. The molecule has 276 valence electrons. The van der Waals surface area contributed by atoms with Crippen LogP contribution in [0, 0.1) is 25.7 Å². The standard InChI is InChI=1S/C39H53N5O7/c1-26-22-28(23-27(2)36(26)46)24-34(37(47)42-17-10-30(11-18-42)29-8-15-41(16-9-29)25-35(45)50-3)51-39(49)43-19-13-32(14-20-43)44-21-12-31-6-4-5-7-33(31)40-38(44)48/h4-7,22-23,29-30,32,34,46H,8-21,24-25H2,1-3H3,(H,40,48)/t34-/m1/s1. The third kappa shape index (κ3) is 8.77. The Hall–Kier alpha value is -4.32. The number of amides is 4. The summed E-state index contributed by atoms with van der Waals surface area (Å²) in [6.07, 6.45) is 4.59. The molecule has 3 saturated heterocycles. The van der Waals surface area contributed by atoms with Gasteiger partial charge in [-0.05, 0) is 112 Å². The predicted molar refractivity (Wildman–Crippen MR) is 193 cm³/mol. The fourth-order valence-electron chi connectivity index (χ4n) is 8.48. The molecule has 2 N–H and O–H groups in total. The molecule has 4 aliphatic heterocycles. The highest BCUT2D eigenvalue weighted by Crippen LogP contribution is 2.33. The van der Waals surface area contributed by atoms with Gasteiger partial charge in [0.2, 0.25) is 0 Å². The third-order valence-corrected chi connectivity index (χ3v) is 11.5. The van der Waals surface area contributed by atoms with Gasteiger partial charge in [0.25, 0.3) is 5.91 Å². The summed E-state index contributed by atoms with van der Waals surface area (Å²) in [6.45, 7) is 8.44. The second-order valence-electron chi connectivity index (χ2n) is 14.8. The second kappa shape index (κ2) is 16.4. The lowest BCUT2D eigenvalue weighted by Gasteiger charge is -2.41. The highest BCUT2D eigenvalue weighted by molar-refractivity contribution is 5.91. The lowest BCUT2D eigenvalue weighted by molar-refractivity contribution is -0.142. The topological polar surface area (TPSA) is 132 Å². The van der Waals surface area contributed by atoms with Crippen molar-refractivity contribution in [3.8, 4) is 5.75 Å². The smallest absolute Gasteiger partial charge is 0.410 e. The van der Waals surface area contributed by atoms with E-state index in [1.54, 1.807) is 4.90 Å². The number of fused-ring (bicyclic) bond motifs is 1. The first-order valence-corrected chi connectivity index (χ1v) is 18.6. The number of nitrogens with one attached hydrogen (secondary N) is 1. The van der Waals surface area contributed by atoms with Crippen LogP contribution >= 0.6 is 0 Å². The molecule has 4 amide bonds. The highest BCUT2D eigenvalue weighted by atomic mass is 16.6. The number of likely N-dealkylation sites (tertiary alicyclic amines) is 3. The zero-order chi connectivity index (χ0) is 36.1. The van der Waals surface area contributed by atoms with E-state index in [4.69, 9.17) is 9.47 Å². The number of para-hydroxylation sites is 1. The maximum absolute atomic E-state index is 14.1. The first kappa shape index (κ1) is 36.5. The van der Waals surface area contributed by atoms with Crippen molar-refractivity contribution in [2.24, 2.45) is 11.8 Å². The molecule has 0 aliphatic carbocycles. The van der Waals surface area contributed by atoms with Crippen LogP contribution in [0.5, 0.6) is 5.75 Å². The van der Waals surface area contributed by atoms with Crippen LogP contribution in [0.3, 0.4) is 0 Å². The molecule has 0 spiro atoms. The van der Waals surface area contributed by atoms with E-state index in [2.05, 4.69) is 10.2 Å². The number of phenolic OH excluding ortho intramolecular Hbond substituents is 1. The van der Waals surface area contributed by atoms with Crippen LogP contribution in [0.4, 0.5) is 15.3 Å². The summed E-state index contributed by atoms with van der Waals surface area (Å²) in [5.74, 6) is 0.910. The van der Waals surface area contributed by atoms with Crippen molar-refractivity contribution in [1.82, 2.24) is 19.6 Å². The number of rotatable bonds is 8. The Morgan fingerprint density at radius 1 is 0.863 bits per heavy atom. The number of hydrogen-bond acceptors (Lipinski definition) is 8. The Morgan fingerprint density at radius 3 is 2.12 bits per heavy atom. The zero-order valence-electron chi connectivity index (χ0n) is 30.3. The Bertz CT molecular complexity index is 1550. The first-order chi connectivity index (χ1) is 24.6. The van der Waals surface area contributed by atoms with Crippen LogP contribution in [0.2, 0.25) is 0 Å². The molecule has 2 aromatic carbocycles. The van der Waals surface area contributed by atoms with Crippen molar-refractivity contribution < 1.29 is 33.8 Å². The van der Waals surface area contributed by atoms with E-state index in [1.165, 1.54) is 7.11 Å². The Labute approximate surface area is 301 Å². The average molecular weight is 704 g/mol. The number of piperidine rings is 3. The number of urea groups is 1. The number of carbonyl (C=O) groups excluding carboxylic acids is 4. The van der Waals surface area contributed by atoms with Gasteiger partial charge >= 0.3 is 18.1 Å². The minimum atomic E-state index is -0.994. The van der Waals surface area contributed by atoms with E-state index >= 15 is 0 Å². The molecule has 0 saturated carbocycles. The van der Waals surface area contributed by atoms with Crippen molar-refractivity contribution in [2.45, 2.75) is 77.4 Å². The number of ether oxygens (including phenoxy) is 2. The minimum Gasteiger partial charge on any atom is -0.507 e. The number of benzene rings is 2. The molecular weight excluding hydrogens is 650 g/mol. The maximum atomic E-state index is 14.1. The molecule has 0 aromatic heterocycles. The zero-order valence-corrected chi connectivity index (χ0v) is 30.3. The van der Waals surface area contributed by atoms with Gasteiger partial charge in [0.05, 0.1) is 13.7 Å². The predicted octanol–water partition coefficient (Wildman–Crippen LogP) is 4.73. The van der Waals surface area contributed by atoms with Crippen molar-refractivity contribution in [3.05, 3.63) is 58.7 Å². The maximum Gasteiger partial charge on any atom is 0.410 e. The first-order valence-electron chi connectivity index (χ1n) is 18.6. The number of anilines is 1. The lowest BCUT2D eigenvalue weighted by Crippen LogP contribution is -2.52. The van der Waals surface area contributed by atoms with Crippen LogP contribution in [0.25, 0.3) is 0 Å². The van der Waals surface area contributed by atoms with Gasteiger partial charge in [0.15, 0.2) is 6.10 Å². The summed E-state index contributed by atoms with van der Waals surface area (Å²) in [6, 6.07) is 11.5. The molecular formula is C39H53N5O7. The summed E-state index contributed by atoms with van der Waals surface area (Å²) in [5.41, 5.74) is 4.22. The van der Waals surface area contributed by atoms with Crippen LogP contribution in [-0.4, -0.2) is 120 Å². The molecule has 6 rings (SSSR count). The van der Waals surface area contributed by atoms with Gasteiger partial charge in [-0.1, -0.05) is 30.3 Å². The number of nitrogens with zero attached hydrogens (tertiary/aromatic N) is 4. The van der Waals surface area contributed by atoms with E-state index in [1.807, 2.05) is 60.0 Å². The number of carbonyl (C=O) groups is 4. The van der Waals surface area contributed by atoms with Gasteiger partial charge in [-0.15, -0.1) is 0 Å². The molecule has 12 heteroatoms. The number of aromatic hydroxyl groups is 1. The molecule has 3 fully saturated rings. The molecule has 2 aromatic rings. The Kier molecular flexibility index (Phi) is 11.7. The van der Waals surface area contributed by atoms with Gasteiger partial charge in [0, 0.05) is 50.9 Å². The molecule has 0 radical (unpaired) electrons. The molecule has 12 nitrogen and oxygen atoms in total. The van der Waals surface area contributed by atoms with E-state index in [0.717, 1.165) is 62.0 Å². The highest BCUT2D eigenvalue weighted by Gasteiger charge is 2.37. The molecule has 0 bridgehead atoms. The van der Waals surface area contributed by atoms with E-state index in [0.29, 0.717) is 75.1 Å². The van der Waals surface area contributed by atoms with Crippen LogP contribution in [0.15, 0.2) is 36.4 Å². The van der Waals surface area contributed by atoms with Gasteiger partial charge in [-0.3, -0.25) is 14.5 Å². The molecule has 0 unspecified atom stereocenters. The number of aryl methyl sites for hydroxylation is 2. The summed E-state index contributed by atoms with van der Waals surface area (Å²) >= 11 is 0. The quantitative estimate of drug-likeness (QED) is 0.378. The van der Waals surface area contributed by atoms with Crippen LogP contribution in [-0.2, 0) is 31.9 Å². The molecule has 51 heavy (non-hydrogen) atoms. The van der Waals surface area contributed by atoms with Crippen molar-refractivity contribution in [1.29, 1.82) is 0 Å². The van der Waals surface area contributed by atoms with E-state index in [-0.39, 0.29) is 36.1 Å².